The van der Waals surface area contributed by atoms with Crippen LogP contribution in [-0.2, 0) is 0 Å². The zero-order valence-corrected chi connectivity index (χ0v) is 11.4. The van der Waals surface area contributed by atoms with Gasteiger partial charge >= 0.3 is 0 Å². The SMILES string of the molecule is c1cc2sc(-c3cc4sccc4s3)cc2s1. The fourth-order valence-electron chi connectivity index (χ4n) is 1.77. The van der Waals surface area contributed by atoms with Crippen molar-refractivity contribution in [2.75, 3.05) is 0 Å². The van der Waals surface area contributed by atoms with Gasteiger partial charge in [-0.3, -0.25) is 0 Å². The molecule has 16 heavy (non-hydrogen) atoms. The van der Waals surface area contributed by atoms with Crippen LogP contribution in [-0.4, -0.2) is 0 Å². The Kier molecular flexibility index (Phi) is 1.99. The lowest BCUT2D eigenvalue weighted by atomic mass is 10.4. The third-order valence-electron chi connectivity index (χ3n) is 2.52. The van der Waals surface area contributed by atoms with E-state index in [4.69, 9.17) is 0 Å². The summed E-state index contributed by atoms with van der Waals surface area (Å²) in [4.78, 5) is 2.82. The van der Waals surface area contributed by atoms with Crippen molar-refractivity contribution in [2.24, 2.45) is 0 Å². The highest BCUT2D eigenvalue weighted by atomic mass is 32.1. The van der Waals surface area contributed by atoms with Crippen LogP contribution < -0.4 is 0 Å². The molecule has 0 unspecified atom stereocenters. The van der Waals surface area contributed by atoms with Gasteiger partial charge in [0.1, 0.15) is 0 Å². The minimum atomic E-state index is 1.41. The molecule has 0 nitrogen and oxygen atoms in total. The summed E-state index contributed by atoms with van der Waals surface area (Å²) in [6.45, 7) is 0. The van der Waals surface area contributed by atoms with Crippen molar-refractivity contribution in [3.8, 4) is 9.75 Å². The molecule has 4 rings (SSSR count). The summed E-state index contributed by atoms with van der Waals surface area (Å²) < 4.78 is 5.65. The van der Waals surface area contributed by atoms with Crippen molar-refractivity contribution < 1.29 is 0 Å². The summed E-state index contributed by atoms with van der Waals surface area (Å²) >= 11 is 7.46. The predicted octanol–water partition coefficient (Wildman–Crippen LogP) is 5.91. The van der Waals surface area contributed by atoms with Gasteiger partial charge in [-0.2, -0.15) is 0 Å². The fourth-order valence-corrected chi connectivity index (χ4v) is 6.06. The topological polar surface area (TPSA) is 0 Å². The molecule has 0 radical (unpaired) electrons. The first kappa shape index (κ1) is 9.36. The summed E-state index contributed by atoms with van der Waals surface area (Å²) in [5, 5.41) is 4.33. The molecule has 0 aromatic carbocycles. The third kappa shape index (κ3) is 1.31. The van der Waals surface area contributed by atoms with Crippen LogP contribution in [0.15, 0.2) is 35.0 Å². The highest BCUT2D eigenvalue weighted by molar-refractivity contribution is 7.33. The highest BCUT2D eigenvalue weighted by Crippen LogP contribution is 2.42. The number of hydrogen-bond acceptors (Lipinski definition) is 4. The molecular formula is C12H6S4. The van der Waals surface area contributed by atoms with Gasteiger partial charge in [0.15, 0.2) is 0 Å². The van der Waals surface area contributed by atoms with Crippen LogP contribution in [0.25, 0.3) is 28.6 Å². The van der Waals surface area contributed by atoms with Crippen molar-refractivity contribution >= 4 is 64.1 Å². The largest absolute Gasteiger partial charge is 0.143 e. The van der Waals surface area contributed by atoms with E-state index in [1.807, 2.05) is 45.3 Å². The molecule has 78 valence electrons. The minimum absolute atomic E-state index is 1.41. The summed E-state index contributed by atoms with van der Waals surface area (Å²) in [7, 11) is 0. The van der Waals surface area contributed by atoms with Crippen molar-refractivity contribution in [3.05, 3.63) is 35.0 Å². The van der Waals surface area contributed by atoms with E-state index in [0.717, 1.165) is 0 Å². The Labute approximate surface area is 108 Å². The molecule has 0 saturated heterocycles. The van der Waals surface area contributed by atoms with Gasteiger partial charge < -0.3 is 0 Å². The first-order chi connectivity index (χ1) is 7.90. The fraction of sp³-hybridized carbons (Fsp3) is 0. The van der Waals surface area contributed by atoms with Gasteiger partial charge in [0.25, 0.3) is 0 Å². The first-order valence-corrected chi connectivity index (χ1v) is 8.24. The maximum Gasteiger partial charge on any atom is 0.0464 e. The Morgan fingerprint density at radius 3 is 1.56 bits per heavy atom. The van der Waals surface area contributed by atoms with E-state index in [2.05, 4.69) is 35.0 Å². The normalized spacial score (nSPS) is 11.8. The standard InChI is InChI=1S/C12H6S4/c1-3-13-9-5-11(15-7(1)9)12-6-10-8(16-12)2-4-14-10/h1-6H. The molecule has 0 bridgehead atoms. The van der Waals surface area contributed by atoms with E-state index >= 15 is 0 Å². The second kappa shape index (κ2) is 3.40. The van der Waals surface area contributed by atoms with E-state index in [9.17, 15) is 0 Å². The van der Waals surface area contributed by atoms with E-state index in [1.165, 1.54) is 28.6 Å². The number of fused-ring (bicyclic) bond motifs is 2. The van der Waals surface area contributed by atoms with Crippen LogP contribution in [0, 0.1) is 0 Å². The molecule has 4 aromatic heterocycles. The molecule has 0 aliphatic carbocycles. The van der Waals surface area contributed by atoms with Crippen LogP contribution in [0.5, 0.6) is 0 Å². The molecule has 0 fully saturated rings. The van der Waals surface area contributed by atoms with Gasteiger partial charge in [0, 0.05) is 28.6 Å². The Hall–Kier alpha value is -0.680. The van der Waals surface area contributed by atoms with Gasteiger partial charge in [-0.05, 0) is 35.0 Å². The Balaban J connectivity index is 1.96. The second-order valence-corrected chi connectivity index (χ2v) is 7.58. The van der Waals surface area contributed by atoms with Crippen LogP contribution in [0.2, 0.25) is 0 Å². The lowest BCUT2D eigenvalue weighted by Gasteiger charge is -1.86. The second-order valence-electron chi connectivity index (χ2n) is 3.52. The molecule has 0 spiro atoms. The molecule has 4 heteroatoms. The molecule has 0 atom stereocenters. The van der Waals surface area contributed by atoms with Gasteiger partial charge in [-0.25, -0.2) is 0 Å². The Morgan fingerprint density at radius 1 is 0.625 bits per heavy atom. The van der Waals surface area contributed by atoms with Crippen molar-refractivity contribution in [1.82, 2.24) is 0 Å². The predicted molar refractivity (Wildman–Crippen MR) is 78.4 cm³/mol. The molecule has 0 N–H and O–H groups in total. The molecule has 0 amide bonds. The maximum absolute atomic E-state index is 2.32. The van der Waals surface area contributed by atoms with Crippen molar-refractivity contribution in [2.45, 2.75) is 0 Å². The van der Waals surface area contributed by atoms with Crippen LogP contribution in [0.1, 0.15) is 0 Å². The number of hydrogen-bond donors (Lipinski definition) is 0. The molecule has 0 aliphatic heterocycles. The average Bonchev–Trinajstić information content (AvgIpc) is 2.94. The van der Waals surface area contributed by atoms with Gasteiger partial charge in [-0.15, -0.1) is 45.3 Å². The van der Waals surface area contributed by atoms with Crippen LogP contribution in [0.3, 0.4) is 0 Å². The monoisotopic (exact) mass is 278 g/mol. The van der Waals surface area contributed by atoms with Crippen LogP contribution >= 0.6 is 45.3 Å². The highest BCUT2D eigenvalue weighted by Gasteiger charge is 2.09. The summed E-state index contributed by atoms with van der Waals surface area (Å²) in [6.07, 6.45) is 0. The smallest absolute Gasteiger partial charge is 0.0464 e. The third-order valence-corrected chi connectivity index (χ3v) is 6.90. The quantitative estimate of drug-likeness (QED) is 0.406. The summed E-state index contributed by atoms with van der Waals surface area (Å²) in [5.74, 6) is 0. The zero-order chi connectivity index (χ0) is 10.5. The van der Waals surface area contributed by atoms with E-state index in [0.29, 0.717) is 0 Å². The first-order valence-electron chi connectivity index (χ1n) is 4.84. The lowest BCUT2D eigenvalue weighted by molar-refractivity contribution is 2.07. The zero-order valence-electron chi connectivity index (χ0n) is 8.10. The number of thiophene rings is 4. The minimum Gasteiger partial charge on any atom is -0.143 e. The number of rotatable bonds is 1. The van der Waals surface area contributed by atoms with Crippen molar-refractivity contribution in [3.63, 3.8) is 0 Å². The van der Waals surface area contributed by atoms with Crippen molar-refractivity contribution in [1.29, 1.82) is 0 Å². The van der Waals surface area contributed by atoms with Gasteiger partial charge in [0.2, 0.25) is 0 Å². The lowest BCUT2D eigenvalue weighted by Crippen LogP contribution is -1.56. The van der Waals surface area contributed by atoms with Gasteiger partial charge in [-0.1, -0.05) is 0 Å². The van der Waals surface area contributed by atoms with E-state index in [-0.39, 0.29) is 0 Å². The maximum atomic E-state index is 2.32. The van der Waals surface area contributed by atoms with Gasteiger partial charge in [0.05, 0.1) is 0 Å². The molecule has 4 aromatic rings. The molecule has 0 saturated carbocycles. The summed E-state index contributed by atoms with van der Waals surface area (Å²) in [6, 6.07) is 9.06. The Bertz CT molecular complexity index is 641. The Morgan fingerprint density at radius 2 is 1.12 bits per heavy atom. The van der Waals surface area contributed by atoms with E-state index < -0.39 is 0 Å². The average molecular weight is 278 g/mol. The molecule has 0 aliphatic rings. The summed E-state index contributed by atoms with van der Waals surface area (Å²) in [5.41, 5.74) is 0. The molecular weight excluding hydrogens is 272 g/mol. The van der Waals surface area contributed by atoms with E-state index in [1.54, 1.807) is 0 Å². The molecule has 4 heterocycles. The van der Waals surface area contributed by atoms with Crippen LogP contribution in [0.4, 0.5) is 0 Å².